The minimum Gasteiger partial charge on any atom is -0.496 e. The highest BCUT2D eigenvalue weighted by Gasteiger charge is 2.37. The number of allylic oxidation sites excluding steroid dienone is 1. The number of dihydropyridines is 1. The first-order chi connectivity index (χ1) is 16.8. The first kappa shape index (κ1) is 22.8. The number of carboxylic acids is 1. The Hall–Kier alpha value is -4.00. The molecule has 5 rings (SSSR count). The summed E-state index contributed by atoms with van der Waals surface area (Å²) >= 11 is 0. The highest BCUT2D eigenvalue weighted by atomic mass is 19.1. The predicted octanol–water partition coefficient (Wildman–Crippen LogP) is 3.82. The van der Waals surface area contributed by atoms with Gasteiger partial charge >= 0.3 is 5.97 Å². The third-order valence-corrected chi connectivity index (χ3v) is 6.79. The second-order valence-electron chi connectivity index (χ2n) is 9.21. The van der Waals surface area contributed by atoms with E-state index >= 15 is 0 Å². The molecule has 178 valence electrons. The number of rotatable bonds is 5. The number of H-pyrrole nitrogens is 1. The van der Waals surface area contributed by atoms with E-state index < -0.39 is 5.97 Å². The van der Waals surface area contributed by atoms with Crippen molar-refractivity contribution < 1.29 is 19.0 Å². The summed E-state index contributed by atoms with van der Waals surface area (Å²) in [4.78, 5) is 16.9. The largest absolute Gasteiger partial charge is 0.496 e. The molecule has 2 aliphatic rings. The number of aromatic carboxylic acids is 1. The number of hydrogen-bond donors (Lipinski definition) is 2. The molecule has 2 aromatic carbocycles. The Bertz CT molecular complexity index is 1510. The van der Waals surface area contributed by atoms with Crippen LogP contribution in [-0.4, -0.2) is 40.1 Å². The second kappa shape index (κ2) is 8.65. The van der Waals surface area contributed by atoms with Crippen LogP contribution in [0.2, 0.25) is 0 Å². The smallest absolute Gasteiger partial charge is 0.339 e. The number of fused-ring (bicyclic) bond motifs is 2. The van der Waals surface area contributed by atoms with Gasteiger partial charge in [0.05, 0.1) is 30.4 Å². The van der Waals surface area contributed by atoms with Gasteiger partial charge in [-0.3, -0.25) is 10.1 Å². The fraction of sp³-hybridized carbons (Fsp3) is 0.250. The Morgan fingerprint density at radius 2 is 1.86 bits per heavy atom. The normalized spacial score (nSPS) is 19.1. The molecule has 0 saturated carbocycles. The van der Waals surface area contributed by atoms with Crippen molar-refractivity contribution in [3.8, 4) is 5.75 Å². The van der Waals surface area contributed by atoms with Crippen molar-refractivity contribution in [3.63, 3.8) is 0 Å². The van der Waals surface area contributed by atoms with Crippen LogP contribution in [0.25, 0.3) is 17.2 Å². The summed E-state index contributed by atoms with van der Waals surface area (Å²) in [6, 6.07) is 11.5. The molecular weight excluding hydrogens is 445 g/mol. The van der Waals surface area contributed by atoms with Gasteiger partial charge in [0.2, 0.25) is 0 Å². The summed E-state index contributed by atoms with van der Waals surface area (Å²) in [7, 11) is 1.46. The first-order valence-corrected chi connectivity index (χ1v) is 11.5. The first-order valence-electron chi connectivity index (χ1n) is 11.5. The Morgan fingerprint density at radius 3 is 2.51 bits per heavy atom. The van der Waals surface area contributed by atoms with E-state index in [2.05, 4.69) is 37.0 Å². The second-order valence-corrected chi connectivity index (χ2v) is 9.21. The third-order valence-electron chi connectivity index (χ3n) is 6.79. The molecular formula is C28H26FN3O3. The van der Waals surface area contributed by atoms with Gasteiger partial charge in [-0.2, -0.15) is 5.10 Å². The molecule has 2 heterocycles. The lowest BCUT2D eigenvalue weighted by molar-refractivity contribution is 0.0693. The van der Waals surface area contributed by atoms with Crippen LogP contribution in [-0.2, 0) is 0 Å². The maximum Gasteiger partial charge on any atom is 0.339 e. The maximum atomic E-state index is 13.9. The molecule has 2 N–H and O–H groups in total. The molecule has 1 aliphatic carbocycles. The molecule has 3 aromatic rings. The maximum absolute atomic E-state index is 13.9. The zero-order chi connectivity index (χ0) is 24.9. The van der Waals surface area contributed by atoms with Crippen molar-refractivity contribution in [1.82, 2.24) is 10.2 Å². The van der Waals surface area contributed by atoms with Gasteiger partial charge < -0.3 is 9.84 Å². The zero-order valence-corrected chi connectivity index (χ0v) is 20.0. The number of benzene rings is 2. The SMILES string of the molecule is COc1cc(C2=NC3C(C)=c4[nH]ncc4=CC3C(c3ccc(F)cc3)=C2C(C)C)ccc1C(=O)O. The number of nitrogens with zero attached hydrogens (tertiary/aromatic N) is 2. The van der Waals surface area contributed by atoms with Crippen LogP contribution in [0, 0.1) is 17.7 Å². The van der Waals surface area contributed by atoms with Gasteiger partial charge in [0, 0.05) is 16.7 Å². The molecule has 2 unspecified atom stereocenters. The number of aliphatic imine (C=N–C) groups is 1. The molecule has 0 spiro atoms. The van der Waals surface area contributed by atoms with E-state index in [0.29, 0.717) is 0 Å². The highest BCUT2D eigenvalue weighted by Crippen LogP contribution is 2.43. The number of halogens is 1. The summed E-state index contributed by atoms with van der Waals surface area (Å²) in [5, 5.41) is 18.9. The van der Waals surface area contributed by atoms with Crippen LogP contribution >= 0.6 is 0 Å². The lowest BCUT2D eigenvalue weighted by Gasteiger charge is -2.36. The summed E-state index contributed by atoms with van der Waals surface area (Å²) in [6.45, 7) is 6.28. The molecule has 1 aliphatic heterocycles. The van der Waals surface area contributed by atoms with Crippen LogP contribution in [0.1, 0.15) is 42.3 Å². The minimum absolute atomic E-state index is 0.0492. The molecule has 35 heavy (non-hydrogen) atoms. The number of hydrogen-bond acceptors (Lipinski definition) is 4. The topological polar surface area (TPSA) is 87.6 Å². The summed E-state index contributed by atoms with van der Waals surface area (Å²) in [5.41, 5.74) is 5.78. The van der Waals surface area contributed by atoms with Crippen molar-refractivity contribution in [3.05, 3.63) is 87.3 Å². The van der Waals surface area contributed by atoms with Gasteiger partial charge in [-0.25, -0.2) is 9.18 Å². The van der Waals surface area contributed by atoms with Crippen LogP contribution in [0.3, 0.4) is 0 Å². The standard InChI is InChI=1S/C28H26FN3O3/c1-14(2)23-24(16-5-8-19(29)9-6-16)21-11-18-13-30-32-25(18)15(3)26(21)31-27(23)17-7-10-20(28(33)34)22(12-17)35-4/h5-14,21,26,32H,1-4H3,(H,33,34). The van der Waals surface area contributed by atoms with Gasteiger partial charge in [0.1, 0.15) is 17.1 Å². The number of carbonyl (C=O) groups is 1. The highest BCUT2D eigenvalue weighted by molar-refractivity contribution is 6.19. The number of aromatic amines is 1. The monoisotopic (exact) mass is 471 g/mol. The Kier molecular flexibility index (Phi) is 5.63. The fourth-order valence-electron chi connectivity index (χ4n) is 5.18. The fourth-order valence-corrected chi connectivity index (χ4v) is 5.18. The lowest BCUT2D eigenvalue weighted by atomic mass is 9.72. The van der Waals surface area contributed by atoms with E-state index in [9.17, 15) is 14.3 Å². The zero-order valence-electron chi connectivity index (χ0n) is 20.0. The summed E-state index contributed by atoms with van der Waals surface area (Å²) < 4.78 is 19.3. The van der Waals surface area contributed by atoms with Crippen molar-refractivity contribution in [2.24, 2.45) is 16.8 Å². The number of nitrogens with one attached hydrogen (secondary N) is 1. The molecule has 6 nitrogen and oxygen atoms in total. The number of aromatic nitrogens is 2. The van der Waals surface area contributed by atoms with Crippen LogP contribution in [0.5, 0.6) is 5.75 Å². The van der Waals surface area contributed by atoms with Gasteiger partial charge in [-0.1, -0.05) is 38.1 Å². The van der Waals surface area contributed by atoms with Crippen molar-refractivity contribution in [1.29, 1.82) is 0 Å². The molecule has 0 saturated heterocycles. The number of methoxy groups -OCH3 is 1. The third kappa shape index (κ3) is 3.77. The average molecular weight is 472 g/mol. The van der Waals surface area contributed by atoms with Crippen LogP contribution in [0.4, 0.5) is 4.39 Å². The van der Waals surface area contributed by atoms with E-state index in [1.54, 1.807) is 18.2 Å². The number of ether oxygens (including phenoxy) is 1. The van der Waals surface area contributed by atoms with Crippen LogP contribution < -0.4 is 15.3 Å². The molecule has 0 bridgehead atoms. The predicted molar refractivity (Wildman–Crippen MR) is 133 cm³/mol. The molecule has 0 radical (unpaired) electrons. The van der Waals surface area contributed by atoms with Crippen molar-refractivity contribution in [2.45, 2.75) is 26.8 Å². The van der Waals surface area contributed by atoms with E-state index in [1.165, 1.54) is 19.2 Å². The van der Waals surface area contributed by atoms with E-state index in [0.717, 1.165) is 44.1 Å². The molecule has 0 fully saturated rings. The van der Waals surface area contributed by atoms with Crippen molar-refractivity contribution in [2.75, 3.05) is 7.11 Å². The van der Waals surface area contributed by atoms with E-state index in [4.69, 9.17) is 9.73 Å². The van der Waals surface area contributed by atoms with Crippen molar-refractivity contribution >= 4 is 28.9 Å². The van der Waals surface area contributed by atoms with Gasteiger partial charge in [0.25, 0.3) is 0 Å². The lowest BCUT2D eigenvalue weighted by Crippen LogP contribution is -2.40. The summed E-state index contributed by atoms with van der Waals surface area (Å²) in [6.07, 6.45) is 4.01. The van der Waals surface area contributed by atoms with Gasteiger partial charge in [-0.15, -0.1) is 0 Å². The Labute approximate surface area is 202 Å². The quantitative estimate of drug-likeness (QED) is 0.592. The van der Waals surface area contributed by atoms with Crippen LogP contribution in [0.15, 0.2) is 59.2 Å². The molecule has 7 heteroatoms. The van der Waals surface area contributed by atoms with E-state index in [-0.39, 0.29) is 35.0 Å². The Morgan fingerprint density at radius 1 is 1.14 bits per heavy atom. The molecule has 0 amide bonds. The molecule has 1 aromatic heterocycles. The Balaban J connectivity index is 1.82. The summed E-state index contributed by atoms with van der Waals surface area (Å²) in [5.74, 6) is -1.02. The molecule has 2 atom stereocenters. The van der Waals surface area contributed by atoms with Gasteiger partial charge in [0.15, 0.2) is 0 Å². The van der Waals surface area contributed by atoms with E-state index in [1.807, 2.05) is 18.3 Å². The van der Waals surface area contributed by atoms with Gasteiger partial charge in [-0.05, 0) is 59.4 Å². The average Bonchev–Trinajstić information content (AvgIpc) is 3.32. The minimum atomic E-state index is -1.05. The number of carboxylic acid groups (broad SMARTS) is 1.